The average Bonchev–Trinajstić information content (AvgIpc) is 2.81. The van der Waals surface area contributed by atoms with Crippen molar-refractivity contribution < 1.29 is 22.7 Å². The fourth-order valence-corrected chi connectivity index (χ4v) is 7.10. The third-order valence-electron chi connectivity index (χ3n) is 6.40. The molecule has 3 atom stereocenters. The fraction of sp³-hybridized carbons (Fsp3) is 0.520. The molecule has 0 bridgehead atoms. The summed E-state index contributed by atoms with van der Waals surface area (Å²) in [7, 11) is -3.89. The van der Waals surface area contributed by atoms with Crippen molar-refractivity contribution in [2.75, 3.05) is 23.9 Å². The second-order valence-electron chi connectivity index (χ2n) is 9.74. The molecular weight excluding hydrogens is 525 g/mol. The van der Waals surface area contributed by atoms with Gasteiger partial charge in [0, 0.05) is 41.2 Å². The Morgan fingerprint density at radius 3 is 2.42 bits per heavy atom. The van der Waals surface area contributed by atoms with Crippen LogP contribution in [0.15, 0.2) is 30.3 Å². The number of ether oxygens (including phenoxy) is 2. The molecule has 2 aliphatic rings. The van der Waals surface area contributed by atoms with Crippen LogP contribution < -0.4 is 13.8 Å². The summed E-state index contributed by atoms with van der Waals surface area (Å²) in [5, 5.41) is 0.935. The summed E-state index contributed by atoms with van der Waals surface area (Å²) >= 11 is 12.5. The zero-order chi connectivity index (χ0) is 26.0. The number of hydrogen-bond donors (Lipinski definition) is 0. The van der Waals surface area contributed by atoms with E-state index in [1.807, 2.05) is 0 Å². The molecule has 1 saturated heterocycles. The van der Waals surface area contributed by atoms with Crippen molar-refractivity contribution in [1.82, 2.24) is 9.29 Å². The number of anilines is 1. The van der Waals surface area contributed by atoms with E-state index >= 15 is 0 Å². The van der Waals surface area contributed by atoms with Gasteiger partial charge < -0.3 is 14.3 Å². The number of pyridine rings is 1. The fourth-order valence-electron chi connectivity index (χ4n) is 4.73. The smallest absolute Gasteiger partial charge is 0.305 e. The summed E-state index contributed by atoms with van der Waals surface area (Å²) in [4.78, 5) is 16.1. The maximum Gasteiger partial charge on any atom is 0.305 e. The second-order valence-corrected chi connectivity index (χ2v) is 12.4. The second kappa shape index (κ2) is 11.1. The molecule has 2 aromatic rings. The van der Waals surface area contributed by atoms with E-state index in [1.165, 1.54) is 15.5 Å². The zero-order valence-corrected chi connectivity index (χ0v) is 22.9. The normalized spacial score (nSPS) is 22.6. The van der Waals surface area contributed by atoms with Gasteiger partial charge in [0.1, 0.15) is 18.5 Å². The van der Waals surface area contributed by atoms with E-state index in [1.54, 1.807) is 30.3 Å². The highest BCUT2D eigenvalue weighted by molar-refractivity contribution is 7.90. The molecule has 0 saturated carbocycles. The van der Waals surface area contributed by atoms with E-state index in [0.717, 1.165) is 6.42 Å². The van der Waals surface area contributed by atoms with Crippen LogP contribution in [0.3, 0.4) is 0 Å². The molecule has 4 rings (SSSR count). The van der Waals surface area contributed by atoms with Crippen LogP contribution in [0.5, 0.6) is 11.6 Å². The number of carbonyl (C=O) groups excluding carboxylic acids is 1. The molecule has 1 aromatic heterocycles. The van der Waals surface area contributed by atoms with Crippen molar-refractivity contribution >= 4 is 45.0 Å². The van der Waals surface area contributed by atoms with E-state index in [4.69, 9.17) is 32.7 Å². The van der Waals surface area contributed by atoms with Crippen LogP contribution in [0.25, 0.3) is 0 Å². The number of ketones is 1. The zero-order valence-electron chi connectivity index (χ0n) is 20.6. The lowest BCUT2D eigenvalue weighted by Crippen LogP contribution is -2.53. The van der Waals surface area contributed by atoms with Crippen LogP contribution >= 0.6 is 23.2 Å². The molecule has 0 radical (unpaired) electrons. The van der Waals surface area contributed by atoms with E-state index in [-0.39, 0.29) is 42.5 Å². The molecular formula is C25H31Cl2N3O5S. The number of carbonyl (C=O) groups is 1. The molecule has 8 nitrogen and oxygen atoms in total. The highest BCUT2D eigenvalue weighted by Crippen LogP contribution is 2.38. The van der Waals surface area contributed by atoms with Gasteiger partial charge in [0.2, 0.25) is 5.88 Å². The van der Waals surface area contributed by atoms with Gasteiger partial charge in [-0.15, -0.1) is 0 Å². The van der Waals surface area contributed by atoms with Gasteiger partial charge in [0.05, 0.1) is 6.54 Å². The minimum absolute atomic E-state index is 0.0255. The third kappa shape index (κ3) is 6.07. The number of fused-ring (bicyclic) bond motifs is 1. The van der Waals surface area contributed by atoms with Gasteiger partial charge in [-0.1, -0.05) is 43.1 Å². The Morgan fingerprint density at radius 2 is 1.78 bits per heavy atom. The number of nitrogens with zero attached hydrogens (tertiary/aromatic N) is 3. The standard InChI is InChI=1S/C25H31Cl2N3O5S/c1-16-11-17(2)13-29(12-16)36(32,33)30-14-19(8-7-18(3)31)35-23-9-10-24(28-25(23)30)34-15-20-21(26)5-4-6-22(20)27/h4-6,9-10,16-17,19H,7-8,11-15H2,1-3H3/t16?,17?,19-/m0/s1. The summed E-state index contributed by atoms with van der Waals surface area (Å²) in [6.07, 6.45) is 1.23. The van der Waals surface area contributed by atoms with Crippen LogP contribution in [0.4, 0.5) is 5.82 Å². The molecule has 2 aliphatic heterocycles. The lowest BCUT2D eigenvalue weighted by molar-refractivity contribution is -0.117. The quantitative estimate of drug-likeness (QED) is 0.448. The molecule has 196 valence electrons. The van der Waals surface area contributed by atoms with Crippen LogP contribution in [0.2, 0.25) is 10.0 Å². The SMILES string of the molecule is CC(=O)CC[C@H]1CN(S(=O)(=O)N2CC(C)CC(C)C2)c2nc(OCc3c(Cl)cccc3Cl)ccc2O1. The van der Waals surface area contributed by atoms with Crippen molar-refractivity contribution in [2.24, 2.45) is 11.8 Å². The minimum Gasteiger partial charge on any atom is -0.485 e. The number of aromatic nitrogens is 1. The van der Waals surface area contributed by atoms with Gasteiger partial charge in [0.25, 0.3) is 0 Å². The summed E-state index contributed by atoms with van der Waals surface area (Å²) in [5.74, 6) is 1.25. The van der Waals surface area contributed by atoms with Gasteiger partial charge in [-0.3, -0.25) is 0 Å². The molecule has 3 heterocycles. The van der Waals surface area contributed by atoms with Crippen molar-refractivity contribution in [3.05, 3.63) is 45.9 Å². The Morgan fingerprint density at radius 1 is 1.11 bits per heavy atom. The van der Waals surface area contributed by atoms with Crippen molar-refractivity contribution in [3.8, 4) is 11.6 Å². The van der Waals surface area contributed by atoms with E-state index in [9.17, 15) is 13.2 Å². The van der Waals surface area contributed by atoms with Gasteiger partial charge in [-0.25, -0.2) is 4.31 Å². The molecule has 0 aliphatic carbocycles. The molecule has 1 fully saturated rings. The number of rotatable bonds is 8. The maximum absolute atomic E-state index is 13.9. The topological polar surface area (TPSA) is 89.0 Å². The Bertz CT molecular complexity index is 1200. The first-order chi connectivity index (χ1) is 17.0. The summed E-state index contributed by atoms with van der Waals surface area (Å²) in [6.45, 7) is 6.65. The van der Waals surface area contributed by atoms with Crippen LogP contribution in [-0.4, -0.2) is 49.2 Å². The lowest BCUT2D eigenvalue weighted by atomic mass is 9.94. The first-order valence-corrected chi connectivity index (χ1v) is 14.2. The van der Waals surface area contributed by atoms with Crippen molar-refractivity contribution in [1.29, 1.82) is 0 Å². The van der Waals surface area contributed by atoms with Crippen molar-refractivity contribution in [2.45, 2.75) is 52.7 Å². The Hall–Kier alpha value is -2.07. The number of piperidine rings is 1. The lowest BCUT2D eigenvalue weighted by Gasteiger charge is -2.40. The Balaban J connectivity index is 1.64. The molecule has 11 heteroatoms. The van der Waals surface area contributed by atoms with Gasteiger partial charge >= 0.3 is 10.2 Å². The highest BCUT2D eigenvalue weighted by atomic mass is 35.5. The molecule has 0 N–H and O–H groups in total. The van der Waals surface area contributed by atoms with Crippen LogP contribution in [-0.2, 0) is 21.6 Å². The summed E-state index contributed by atoms with van der Waals surface area (Å²) in [6, 6.07) is 8.45. The van der Waals surface area contributed by atoms with E-state index in [0.29, 0.717) is 47.3 Å². The summed E-state index contributed by atoms with van der Waals surface area (Å²) in [5.41, 5.74) is 0.613. The highest BCUT2D eigenvalue weighted by Gasteiger charge is 2.40. The third-order valence-corrected chi connectivity index (χ3v) is 8.94. The molecule has 0 spiro atoms. The number of Topliss-reactive ketones (excluding diaryl/α,β-unsaturated/α-hetero) is 1. The maximum atomic E-state index is 13.9. The predicted octanol–water partition coefficient (Wildman–Crippen LogP) is 5.13. The monoisotopic (exact) mass is 555 g/mol. The Kier molecular flexibility index (Phi) is 8.34. The summed E-state index contributed by atoms with van der Waals surface area (Å²) < 4.78 is 42.5. The largest absolute Gasteiger partial charge is 0.485 e. The average molecular weight is 557 g/mol. The molecule has 0 amide bonds. The first-order valence-electron chi connectivity index (χ1n) is 12.0. The van der Waals surface area contributed by atoms with Gasteiger partial charge in [-0.2, -0.15) is 17.7 Å². The van der Waals surface area contributed by atoms with Crippen molar-refractivity contribution in [3.63, 3.8) is 0 Å². The number of hydrogen-bond acceptors (Lipinski definition) is 6. The first kappa shape index (κ1) is 27.0. The van der Waals surface area contributed by atoms with Crippen LogP contribution in [0.1, 0.15) is 45.6 Å². The number of benzene rings is 1. The van der Waals surface area contributed by atoms with E-state index < -0.39 is 16.3 Å². The number of halogens is 2. The van der Waals surface area contributed by atoms with E-state index in [2.05, 4.69) is 18.8 Å². The molecule has 36 heavy (non-hydrogen) atoms. The van der Waals surface area contributed by atoms with Gasteiger partial charge in [0.15, 0.2) is 11.6 Å². The minimum atomic E-state index is -3.89. The molecule has 1 aromatic carbocycles. The van der Waals surface area contributed by atoms with Gasteiger partial charge in [-0.05, 0) is 49.8 Å². The predicted molar refractivity (Wildman–Crippen MR) is 140 cm³/mol. The molecule has 2 unspecified atom stereocenters. The Labute approximate surface area is 222 Å². The van der Waals surface area contributed by atoms with Crippen LogP contribution in [0, 0.1) is 11.8 Å².